The van der Waals surface area contributed by atoms with Crippen molar-refractivity contribution in [2.75, 3.05) is 0 Å². The third-order valence-electron chi connectivity index (χ3n) is 1.65. The van der Waals surface area contributed by atoms with Gasteiger partial charge in [0.05, 0.1) is 11.0 Å². The molecule has 0 aromatic carbocycles. The van der Waals surface area contributed by atoms with E-state index in [0.29, 0.717) is 0 Å². The Labute approximate surface area is 64.0 Å². The van der Waals surface area contributed by atoms with Gasteiger partial charge >= 0.3 is 0 Å². The maximum Gasteiger partial charge on any atom is 0.265 e. The topological polar surface area (TPSA) is 63.4 Å². The Bertz CT molecular complexity index is 232. The quantitative estimate of drug-likeness (QED) is 0.448. The van der Waals surface area contributed by atoms with Crippen LogP contribution in [-0.4, -0.2) is 16.1 Å². The van der Waals surface area contributed by atoms with Crippen LogP contribution in [0.15, 0.2) is 23.9 Å². The minimum absolute atomic E-state index is 0.0581. The summed E-state index contributed by atoms with van der Waals surface area (Å²) in [5.41, 5.74) is 0.0581. The van der Waals surface area contributed by atoms with E-state index in [-0.39, 0.29) is 11.6 Å². The number of rotatable bonds is 1. The zero-order valence-corrected chi connectivity index (χ0v) is 6.10. The van der Waals surface area contributed by atoms with Gasteiger partial charge in [-0.15, -0.1) is 0 Å². The number of nitrogens with zero attached hydrogens (tertiary/aromatic N) is 1. The van der Waals surface area contributed by atoms with E-state index < -0.39 is 11.0 Å². The molecule has 1 aliphatic carbocycles. The Morgan fingerprint density at radius 2 is 2.36 bits per heavy atom. The summed E-state index contributed by atoms with van der Waals surface area (Å²) in [4.78, 5) is 9.75. The van der Waals surface area contributed by atoms with Gasteiger partial charge in [0.1, 0.15) is 0 Å². The summed E-state index contributed by atoms with van der Waals surface area (Å²) in [7, 11) is 0. The first kappa shape index (κ1) is 7.94. The maximum atomic E-state index is 10.2. The molecule has 0 heterocycles. The van der Waals surface area contributed by atoms with E-state index in [0.717, 1.165) is 0 Å². The lowest BCUT2D eigenvalue weighted by Crippen LogP contribution is -2.17. The highest BCUT2D eigenvalue weighted by molar-refractivity contribution is 5.19. The van der Waals surface area contributed by atoms with E-state index in [9.17, 15) is 10.1 Å². The number of nitro groups is 1. The number of hydrogen-bond donors (Lipinski definition) is 1. The third-order valence-corrected chi connectivity index (χ3v) is 1.65. The van der Waals surface area contributed by atoms with E-state index in [4.69, 9.17) is 5.11 Å². The van der Waals surface area contributed by atoms with Crippen LogP contribution >= 0.6 is 0 Å². The standard InChI is InChI=1S/C7H9NO3/c1-5-4-6(8(10)11)2-3-7(5)9/h2-5,7,9H,1H3. The molecular weight excluding hydrogens is 146 g/mol. The molecule has 4 heteroatoms. The molecule has 4 nitrogen and oxygen atoms in total. The van der Waals surface area contributed by atoms with Crippen LogP contribution in [0.25, 0.3) is 0 Å². The van der Waals surface area contributed by atoms with E-state index in [1.807, 2.05) is 0 Å². The summed E-state index contributed by atoms with van der Waals surface area (Å²) in [6, 6.07) is 0. The van der Waals surface area contributed by atoms with Crippen molar-refractivity contribution in [3.05, 3.63) is 34.0 Å². The molecule has 2 unspecified atom stereocenters. The molecule has 0 bridgehead atoms. The minimum Gasteiger partial charge on any atom is -0.388 e. The molecule has 0 radical (unpaired) electrons. The van der Waals surface area contributed by atoms with E-state index >= 15 is 0 Å². The fourth-order valence-electron chi connectivity index (χ4n) is 0.918. The Balaban J connectivity index is 2.80. The lowest BCUT2D eigenvalue weighted by molar-refractivity contribution is -0.419. The van der Waals surface area contributed by atoms with Gasteiger partial charge in [0, 0.05) is 12.0 Å². The molecule has 11 heavy (non-hydrogen) atoms. The third kappa shape index (κ3) is 1.65. The predicted molar refractivity (Wildman–Crippen MR) is 39.4 cm³/mol. The molecule has 0 aromatic rings. The monoisotopic (exact) mass is 155 g/mol. The van der Waals surface area contributed by atoms with Crippen molar-refractivity contribution >= 4 is 0 Å². The second kappa shape index (κ2) is 2.84. The van der Waals surface area contributed by atoms with Gasteiger partial charge in [0.25, 0.3) is 5.70 Å². The van der Waals surface area contributed by atoms with Crippen LogP contribution in [0.2, 0.25) is 0 Å². The number of aliphatic hydroxyl groups is 1. The molecule has 0 aromatic heterocycles. The molecular formula is C7H9NO3. The summed E-state index contributed by atoms with van der Waals surface area (Å²) in [6.07, 6.45) is 3.62. The fraction of sp³-hybridized carbons (Fsp3) is 0.429. The fourth-order valence-corrected chi connectivity index (χ4v) is 0.918. The first-order valence-electron chi connectivity index (χ1n) is 3.33. The zero-order chi connectivity index (χ0) is 8.43. The molecule has 0 aliphatic heterocycles. The first-order valence-corrected chi connectivity index (χ1v) is 3.33. The summed E-state index contributed by atoms with van der Waals surface area (Å²) in [5, 5.41) is 19.3. The van der Waals surface area contributed by atoms with Gasteiger partial charge in [-0.1, -0.05) is 6.92 Å². The van der Waals surface area contributed by atoms with Crippen molar-refractivity contribution in [3.63, 3.8) is 0 Å². The largest absolute Gasteiger partial charge is 0.388 e. The smallest absolute Gasteiger partial charge is 0.265 e. The molecule has 0 spiro atoms. The average Bonchev–Trinajstić information content (AvgIpc) is 1.94. The van der Waals surface area contributed by atoms with Crippen LogP contribution in [-0.2, 0) is 0 Å². The molecule has 0 saturated heterocycles. The van der Waals surface area contributed by atoms with E-state index in [1.165, 1.54) is 18.2 Å². The van der Waals surface area contributed by atoms with E-state index in [2.05, 4.69) is 0 Å². The normalized spacial score (nSPS) is 29.8. The zero-order valence-electron chi connectivity index (χ0n) is 6.10. The van der Waals surface area contributed by atoms with Crippen molar-refractivity contribution in [1.82, 2.24) is 0 Å². The minimum atomic E-state index is -0.585. The highest BCUT2D eigenvalue weighted by atomic mass is 16.6. The highest BCUT2D eigenvalue weighted by Gasteiger charge is 2.19. The molecule has 1 N–H and O–H groups in total. The summed E-state index contributed by atoms with van der Waals surface area (Å²) >= 11 is 0. The Kier molecular flexibility index (Phi) is 2.05. The molecule has 0 fully saturated rings. The van der Waals surface area contributed by atoms with Crippen LogP contribution in [0.1, 0.15) is 6.92 Å². The van der Waals surface area contributed by atoms with E-state index in [1.54, 1.807) is 6.92 Å². The van der Waals surface area contributed by atoms with Crippen molar-refractivity contribution in [2.45, 2.75) is 13.0 Å². The predicted octanol–water partition coefficient (Wildman–Crippen LogP) is 0.714. The molecule has 1 aliphatic rings. The van der Waals surface area contributed by atoms with Crippen LogP contribution in [0.4, 0.5) is 0 Å². The highest BCUT2D eigenvalue weighted by Crippen LogP contribution is 2.16. The molecule has 0 amide bonds. The van der Waals surface area contributed by atoms with Gasteiger partial charge in [0.15, 0.2) is 0 Å². The average molecular weight is 155 g/mol. The molecule has 2 atom stereocenters. The Morgan fingerprint density at radius 1 is 1.73 bits per heavy atom. The summed E-state index contributed by atoms with van der Waals surface area (Å²) in [5.74, 6) is -0.166. The second-order valence-electron chi connectivity index (χ2n) is 2.56. The van der Waals surface area contributed by atoms with Gasteiger partial charge < -0.3 is 5.11 Å². The SMILES string of the molecule is CC1C=C([N+](=O)[O-])C=CC1O. The van der Waals surface area contributed by atoms with Crippen LogP contribution in [0, 0.1) is 16.0 Å². The van der Waals surface area contributed by atoms with Gasteiger partial charge in [0.2, 0.25) is 0 Å². The summed E-state index contributed by atoms with van der Waals surface area (Å²) < 4.78 is 0. The second-order valence-corrected chi connectivity index (χ2v) is 2.56. The number of aliphatic hydroxyl groups excluding tert-OH is 1. The molecule has 60 valence electrons. The van der Waals surface area contributed by atoms with Crippen molar-refractivity contribution in [2.24, 2.45) is 5.92 Å². The van der Waals surface area contributed by atoms with Gasteiger partial charge in [-0.25, -0.2) is 0 Å². The lowest BCUT2D eigenvalue weighted by atomic mass is 9.99. The Hall–Kier alpha value is -1.16. The Morgan fingerprint density at radius 3 is 2.82 bits per heavy atom. The molecule has 1 rings (SSSR count). The number of hydrogen-bond acceptors (Lipinski definition) is 3. The number of allylic oxidation sites excluding steroid dienone is 1. The van der Waals surface area contributed by atoms with Crippen LogP contribution < -0.4 is 0 Å². The lowest BCUT2D eigenvalue weighted by Gasteiger charge is -2.13. The summed E-state index contributed by atoms with van der Waals surface area (Å²) in [6.45, 7) is 1.73. The van der Waals surface area contributed by atoms with Crippen LogP contribution in [0.3, 0.4) is 0 Å². The van der Waals surface area contributed by atoms with Crippen molar-refractivity contribution in [3.8, 4) is 0 Å². The molecule has 0 saturated carbocycles. The van der Waals surface area contributed by atoms with Crippen LogP contribution in [0.5, 0.6) is 0 Å². The van der Waals surface area contributed by atoms with Gasteiger partial charge in [-0.05, 0) is 12.2 Å². The van der Waals surface area contributed by atoms with Gasteiger partial charge in [-0.2, -0.15) is 0 Å². The van der Waals surface area contributed by atoms with Crippen molar-refractivity contribution < 1.29 is 10.0 Å². The first-order chi connectivity index (χ1) is 5.11. The van der Waals surface area contributed by atoms with Gasteiger partial charge in [-0.3, -0.25) is 10.1 Å². The van der Waals surface area contributed by atoms with Crippen molar-refractivity contribution in [1.29, 1.82) is 0 Å². The maximum absolute atomic E-state index is 10.2.